The third-order valence-corrected chi connectivity index (χ3v) is 2.17. The number of hydrogen-bond acceptors (Lipinski definition) is 6. The van der Waals surface area contributed by atoms with Gasteiger partial charge in [0.05, 0.1) is 12.9 Å². The average molecular weight is 236 g/mol. The lowest BCUT2D eigenvalue weighted by molar-refractivity contribution is 0.365. The zero-order valence-corrected chi connectivity index (χ0v) is 10.00. The van der Waals surface area contributed by atoms with Crippen molar-refractivity contribution >= 4 is 0 Å². The summed E-state index contributed by atoms with van der Waals surface area (Å²) in [5, 5.41) is 3.89. The predicted octanol–water partition coefficient (Wildman–Crippen LogP) is -0.0466. The molecule has 7 nitrogen and oxygen atoms in total. The Morgan fingerprint density at radius 3 is 3.00 bits per heavy atom. The summed E-state index contributed by atoms with van der Waals surface area (Å²) in [6, 6.07) is 0. The Balaban J connectivity index is 2.12. The van der Waals surface area contributed by atoms with E-state index in [9.17, 15) is 0 Å². The minimum Gasteiger partial charge on any atom is -0.335 e. The van der Waals surface area contributed by atoms with Crippen LogP contribution >= 0.6 is 0 Å². The monoisotopic (exact) mass is 236 g/mol. The van der Waals surface area contributed by atoms with Gasteiger partial charge in [-0.05, 0) is 14.1 Å². The molecule has 0 atom stereocenters. The number of nitrogens with zero attached hydrogens (tertiary/aromatic N) is 5. The molecule has 0 fully saturated rings. The van der Waals surface area contributed by atoms with Crippen LogP contribution in [-0.4, -0.2) is 45.2 Å². The molecule has 0 spiro atoms. The summed E-state index contributed by atoms with van der Waals surface area (Å²) in [5.41, 5.74) is 6.14. The first kappa shape index (κ1) is 11.7. The highest BCUT2D eigenvalue weighted by atomic mass is 16.5. The highest BCUT2D eigenvalue weighted by molar-refractivity contribution is 5.44. The molecule has 0 aromatic carbocycles. The molecule has 0 aliphatic heterocycles. The van der Waals surface area contributed by atoms with Gasteiger partial charge in [-0.2, -0.15) is 4.98 Å². The van der Waals surface area contributed by atoms with Gasteiger partial charge in [-0.15, -0.1) is 0 Å². The van der Waals surface area contributed by atoms with Crippen LogP contribution in [0.2, 0.25) is 0 Å². The second kappa shape index (κ2) is 5.07. The molecular formula is C10H16N6O. The Hall–Kier alpha value is -1.73. The average Bonchev–Trinajstić information content (AvgIpc) is 2.86. The molecule has 0 bridgehead atoms. The van der Waals surface area contributed by atoms with Crippen LogP contribution in [0.5, 0.6) is 0 Å². The van der Waals surface area contributed by atoms with E-state index in [-0.39, 0.29) is 0 Å². The van der Waals surface area contributed by atoms with E-state index in [2.05, 4.69) is 15.1 Å². The first-order chi connectivity index (χ1) is 8.19. The highest BCUT2D eigenvalue weighted by Crippen LogP contribution is 2.14. The van der Waals surface area contributed by atoms with Gasteiger partial charge >= 0.3 is 0 Å². The van der Waals surface area contributed by atoms with Gasteiger partial charge in [-0.3, -0.25) is 0 Å². The van der Waals surface area contributed by atoms with E-state index in [1.165, 1.54) is 0 Å². The topological polar surface area (TPSA) is 86.0 Å². The van der Waals surface area contributed by atoms with Gasteiger partial charge in [-0.1, -0.05) is 5.16 Å². The van der Waals surface area contributed by atoms with E-state index in [0.717, 1.165) is 6.54 Å². The zero-order chi connectivity index (χ0) is 12.3. The molecule has 0 radical (unpaired) electrons. The van der Waals surface area contributed by atoms with Crippen molar-refractivity contribution in [3.05, 3.63) is 18.3 Å². The summed E-state index contributed by atoms with van der Waals surface area (Å²) in [4.78, 5) is 10.4. The van der Waals surface area contributed by atoms with Crippen molar-refractivity contribution in [2.24, 2.45) is 5.73 Å². The number of imidazole rings is 1. The molecule has 0 amide bonds. The van der Waals surface area contributed by atoms with Crippen LogP contribution in [0.3, 0.4) is 0 Å². The van der Waals surface area contributed by atoms with Crippen LogP contribution in [0.25, 0.3) is 11.6 Å². The number of aromatic nitrogens is 4. The second-order valence-corrected chi connectivity index (χ2v) is 4.04. The maximum absolute atomic E-state index is 5.46. The molecule has 2 aromatic rings. The summed E-state index contributed by atoms with van der Waals surface area (Å²) in [5.74, 6) is 1.09. The molecule has 0 aliphatic rings. The maximum Gasteiger partial charge on any atom is 0.278 e. The smallest absolute Gasteiger partial charge is 0.278 e. The van der Waals surface area contributed by atoms with Gasteiger partial charge in [0.15, 0.2) is 5.82 Å². The molecule has 2 heterocycles. The Morgan fingerprint density at radius 2 is 2.29 bits per heavy atom. The quantitative estimate of drug-likeness (QED) is 0.783. The lowest BCUT2D eigenvalue weighted by atomic mass is 10.4. The van der Waals surface area contributed by atoms with Crippen molar-refractivity contribution in [3.63, 3.8) is 0 Å². The fourth-order valence-electron chi connectivity index (χ4n) is 1.45. The fraction of sp³-hybridized carbons (Fsp3) is 0.500. The Labute approximate surface area is 99.2 Å². The molecule has 17 heavy (non-hydrogen) atoms. The molecule has 0 saturated heterocycles. The second-order valence-electron chi connectivity index (χ2n) is 4.04. The van der Waals surface area contributed by atoms with Gasteiger partial charge in [0.2, 0.25) is 0 Å². The fourth-order valence-corrected chi connectivity index (χ4v) is 1.45. The standard InChI is InChI=1S/C10H16N6O/c1-15(2)6-9-13-10(17-14-9)8-5-16(4-3-11)7-12-8/h5,7H,3-4,6,11H2,1-2H3. The Morgan fingerprint density at radius 1 is 1.47 bits per heavy atom. The first-order valence-corrected chi connectivity index (χ1v) is 5.38. The molecule has 0 saturated carbocycles. The largest absolute Gasteiger partial charge is 0.335 e. The summed E-state index contributed by atoms with van der Waals surface area (Å²) >= 11 is 0. The van der Waals surface area contributed by atoms with Gasteiger partial charge in [0, 0.05) is 19.3 Å². The Bertz CT molecular complexity index is 475. The highest BCUT2D eigenvalue weighted by Gasteiger charge is 2.11. The summed E-state index contributed by atoms with van der Waals surface area (Å²) in [6.45, 7) is 1.95. The molecule has 0 aliphatic carbocycles. The first-order valence-electron chi connectivity index (χ1n) is 5.38. The summed E-state index contributed by atoms with van der Waals surface area (Å²) in [7, 11) is 3.90. The van der Waals surface area contributed by atoms with Crippen LogP contribution in [0.1, 0.15) is 5.82 Å². The third kappa shape index (κ3) is 2.89. The third-order valence-electron chi connectivity index (χ3n) is 2.17. The van der Waals surface area contributed by atoms with Crippen LogP contribution in [0.4, 0.5) is 0 Å². The van der Waals surface area contributed by atoms with E-state index in [1.54, 1.807) is 6.33 Å². The van der Waals surface area contributed by atoms with E-state index >= 15 is 0 Å². The van der Waals surface area contributed by atoms with Crippen molar-refractivity contribution in [1.29, 1.82) is 0 Å². The molecule has 7 heteroatoms. The Kier molecular flexibility index (Phi) is 3.50. The van der Waals surface area contributed by atoms with Gasteiger partial charge < -0.3 is 19.7 Å². The van der Waals surface area contributed by atoms with E-state index in [1.807, 2.05) is 29.8 Å². The number of nitrogens with two attached hydrogens (primary N) is 1. The van der Waals surface area contributed by atoms with Crippen molar-refractivity contribution in [1.82, 2.24) is 24.6 Å². The number of hydrogen-bond donors (Lipinski definition) is 1. The summed E-state index contributed by atoms with van der Waals surface area (Å²) in [6.07, 6.45) is 3.55. The van der Waals surface area contributed by atoms with E-state index in [4.69, 9.17) is 10.3 Å². The minimum absolute atomic E-state index is 0.442. The molecule has 2 aromatic heterocycles. The zero-order valence-electron chi connectivity index (χ0n) is 10.00. The van der Waals surface area contributed by atoms with Crippen molar-refractivity contribution in [3.8, 4) is 11.6 Å². The van der Waals surface area contributed by atoms with Crippen molar-refractivity contribution in [2.45, 2.75) is 13.1 Å². The predicted molar refractivity (Wildman–Crippen MR) is 62.0 cm³/mol. The molecule has 0 unspecified atom stereocenters. The lowest BCUT2D eigenvalue weighted by Gasteiger charge is -2.03. The van der Waals surface area contributed by atoms with Crippen LogP contribution in [0, 0.1) is 0 Å². The van der Waals surface area contributed by atoms with Crippen molar-refractivity contribution in [2.75, 3.05) is 20.6 Å². The van der Waals surface area contributed by atoms with Gasteiger partial charge in [0.1, 0.15) is 5.69 Å². The number of rotatable bonds is 5. The lowest BCUT2D eigenvalue weighted by Crippen LogP contribution is -2.11. The molecule has 92 valence electrons. The van der Waals surface area contributed by atoms with E-state index < -0.39 is 0 Å². The van der Waals surface area contributed by atoms with Crippen molar-refractivity contribution < 1.29 is 4.52 Å². The SMILES string of the molecule is CN(C)Cc1noc(-c2cn(CCN)cn2)n1. The normalized spacial score (nSPS) is 11.3. The maximum atomic E-state index is 5.46. The minimum atomic E-state index is 0.442. The van der Waals surface area contributed by atoms with Gasteiger partial charge in [0.25, 0.3) is 5.89 Å². The summed E-state index contributed by atoms with van der Waals surface area (Å²) < 4.78 is 7.04. The van der Waals surface area contributed by atoms with Crippen LogP contribution in [0.15, 0.2) is 17.0 Å². The van der Waals surface area contributed by atoms with Gasteiger partial charge in [-0.25, -0.2) is 4.98 Å². The molecule has 2 rings (SSSR count). The van der Waals surface area contributed by atoms with Crippen LogP contribution < -0.4 is 5.73 Å². The van der Waals surface area contributed by atoms with Crippen LogP contribution in [-0.2, 0) is 13.1 Å². The molecule has 2 N–H and O–H groups in total. The molecular weight excluding hydrogens is 220 g/mol. The van der Waals surface area contributed by atoms with E-state index in [0.29, 0.717) is 30.5 Å².